The van der Waals surface area contributed by atoms with E-state index in [1.54, 1.807) is 0 Å². The highest BCUT2D eigenvalue weighted by atomic mass is 19.1. The lowest BCUT2D eigenvalue weighted by Crippen LogP contribution is -2.50. The van der Waals surface area contributed by atoms with Crippen molar-refractivity contribution in [2.45, 2.75) is 31.7 Å². The van der Waals surface area contributed by atoms with E-state index in [-0.39, 0.29) is 5.82 Å². The Bertz CT molecular complexity index is 380. The maximum absolute atomic E-state index is 12.8. The van der Waals surface area contributed by atoms with Crippen molar-refractivity contribution in [3.8, 4) is 0 Å². The molecular formula is C13H19FN4. The monoisotopic (exact) mass is 250 g/mol. The lowest BCUT2D eigenvalue weighted by Gasteiger charge is -2.37. The van der Waals surface area contributed by atoms with Crippen LogP contribution in [0.4, 0.5) is 10.3 Å². The van der Waals surface area contributed by atoms with Crippen molar-refractivity contribution in [2.24, 2.45) is 0 Å². The maximum atomic E-state index is 12.8. The third-order valence-electron chi connectivity index (χ3n) is 4.04. The van der Waals surface area contributed by atoms with Crippen molar-refractivity contribution in [2.75, 3.05) is 31.1 Å². The van der Waals surface area contributed by atoms with E-state index in [4.69, 9.17) is 0 Å². The molecule has 0 amide bonds. The van der Waals surface area contributed by atoms with Crippen LogP contribution in [-0.2, 0) is 0 Å². The predicted octanol–water partition coefficient (Wildman–Crippen LogP) is 1.68. The quantitative estimate of drug-likeness (QED) is 0.799. The highest BCUT2D eigenvalue weighted by Gasteiger charge is 2.26. The maximum Gasteiger partial charge on any atom is 0.225 e. The molecule has 4 nitrogen and oxygen atoms in total. The van der Waals surface area contributed by atoms with E-state index in [1.807, 2.05) is 0 Å². The zero-order valence-electron chi connectivity index (χ0n) is 10.6. The van der Waals surface area contributed by atoms with Crippen molar-refractivity contribution in [1.82, 2.24) is 14.9 Å². The number of hydrogen-bond donors (Lipinski definition) is 0. The summed E-state index contributed by atoms with van der Waals surface area (Å²) in [7, 11) is 0. The molecule has 98 valence electrons. The fourth-order valence-corrected chi connectivity index (χ4v) is 3.03. The van der Waals surface area contributed by atoms with Gasteiger partial charge in [0.05, 0.1) is 12.4 Å². The smallest absolute Gasteiger partial charge is 0.225 e. The number of anilines is 1. The molecule has 1 aromatic heterocycles. The zero-order chi connectivity index (χ0) is 12.4. The van der Waals surface area contributed by atoms with Gasteiger partial charge in [0, 0.05) is 32.2 Å². The number of rotatable bonds is 2. The summed E-state index contributed by atoms with van der Waals surface area (Å²) < 4.78 is 12.8. The Labute approximate surface area is 107 Å². The molecule has 0 N–H and O–H groups in total. The molecule has 0 spiro atoms. The number of halogens is 1. The van der Waals surface area contributed by atoms with Crippen LogP contribution in [0.1, 0.15) is 25.7 Å². The molecule has 3 rings (SSSR count). The van der Waals surface area contributed by atoms with Gasteiger partial charge in [-0.15, -0.1) is 0 Å². The predicted molar refractivity (Wildman–Crippen MR) is 68.0 cm³/mol. The van der Waals surface area contributed by atoms with Gasteiger partial charge in [-0.3, -0.25) is 4.90 Å². The van der Waals surface area contributed by atoms with Gasteiger partial charge in [0.25, 0.3) is 0 Å². The fraction of sp³-hybridized carbons (Fsp3) is 0.692. The van der Waals surface area contributed by atoms with Crippen molar-refractivity contribution in [1.29, 1.82) is 0 Å². The molecule has 0 bridgehead atoms. The molecule has 18 heavy (non-hydrogen) atoms. The molecular weight excluding hydrogens is 231 g/mol. The van der Waals surface area contributed by atoms with Crippen LogP contribution in [0.2, 0.25) is 0 Å². The summed E-state index contributed by atoms with van der Waals surface area (Å²) in [4.78, 5) is 12.8. The first-order chi connectivity index (χ1) is 8.83. The number of piperazine rings is 1. The summed E-state index contributed by atoms with van der Waals surface area (Å²) in [5.41, 5.74) is 0. The Morgan fingerprint density at radius 2 is 1.61 bits per heavy atom. The van der Waals surface area contributed by atoms with Gasteiger partial charge in [0.2, 0.25) is 5.95 Å². The second kappa shape index (κ2) is 5.18. The molecule has 1 aromatic rings. The average molecular weight is 250 g/mol. The molecule has 5 heteroatoms. The Morgan fingerprint density at radius 1 is 1.00 bits per heavy atom. The molecule has 0 aromatic carbocycles. The summed E-state index contributed by atoms with van der Waals surface area (Å²) in [6, 6.07) is 0.793. The van der Waals surface area contributed by atoms with Crippen molar-refractivity contribution < 1.29 is 4.39 Å². The van der Waals surface area contributed by atoms with Crippen LogP contribution >= 0.6 is 0 Å². The number of hydrogen-bond acceptors (Lipinski definition) is 4. The summed E-state index contributed by atoms with van der Waals surface area (Å²) in [6.45, 7) is 4.04. The summed E-state index contributed by atoms with van der Waals surface area (Å²) >= 11 is 0. The molecule has 1 aliphatic carbocycles. The molecule has 2 heterocycles. The van der Waals surface area contributed by atoms with E-state index in [0.29, 0.717) is 5.95 Å². The molecule has 2 aliphatic rings. The first kappa shape index (κ1) is 11.8. The summed E-state index contributed by atoms with van der Waals surface area (Å²) in [5.74, 6) is 0.283. The van der Waals surface area contributed by atoms with E-state index < -0.39 is 0 Å². The van der Waals surface area contributed by atoms with Crippen molar-refractivity contribution in [3.63, 3.8) is 0 Å². The van der Waals surface area contributed by atoms with Crippen LogP contribution in [-0.4, -0.2) is 47.1 Å². The first-order valence-corrected chi connectivity index (χ1v) is 6.79. The van der Waals surface area contributed by atoms with Crippen LogP contribution in [0, 0.1) is 5.82 Å². The van der Waals surface area contributed by atoms with Gasteiger partial charge in [-0.05, 0) is 12.8 Å². The van der Waals surface area contributed by atoms with Crippen molar-refractivity contribution >= 4 is 5.95 Å². The number of aromatic nitrogens is 2. The van der Waals surface area contributed by atoms with E-state index in [1.165, 1.54) is 38.1 Å². The summed E-state index contributed by atoms with van der Waals surface area (Å²) in [5, 5.41) is 0. The standard InChI is InChI=1S/C13H19FN4/c14-11-9-15-13(16-10-11)18-7-5-17(6-8-18)12-3-1-2-4-12/h9-10,12H,1-8H2. The minimum atomic E-state index is -0.372. The normalized spacial score (nSPS) is 22.6. The average Bonchev–Trinajstić information content (AvgIpc) is 2.94. The highest BCUT2D eigenvalue weighted by Crippen LogP contribution is 2.24. The third-order valence-corrected chi connectivity index (χ3v) is 4.04. The topological polar surface area (TPSA) is 32.3 Å². The van der Waals surface area contributed by atoms with Crippen LogP contribution in [0.25, 0.3) is 0 Å². The van der Waals surface area contributed by atoms with Crippen LogP contribution in [0.15, 0.2) is 12.4 Å². The lowest BCUT2D eigenvalue weighted by atomic mass is 10.2. The molecule has 1 saturated heterocycles. The van der Waals surface area contributed by atoms with E-state index in [0.717, 1.165) is 32.2 Å². The molecule has 2 fully saturated rings. The van der Waals surface area contributed by atoms with Gasteiger partial charge < -0.3 is 4.90 Å². The van der Waals surface area contributed by atoms with Gasteiger partial charge in [-0.25, -0.2) is 14.4 Å². The van der Waals surface area contributed by atoms with Gasteiger partial charge in [-0.2, -0.15) is 0 Å². The fourth-order valence-electron chi connectivity index (χ4n) is 3.03. The Kier molecular flexibility index (Phi) is 3.41. The molecule has 0 atom stereocenters. The first-order valence-electron chi connectivity index (χ1n) is 6.79. The lowest BCUT2D eigenvalue weighted by molar-refractivity contribution is 0.187. The van der Waals surface area contributed by atoms with Crippen molar-refractivity contribution in [3.05, 3.63) is 18.2 Å². The number of nitrogens with zero attached hydrogens (tertiary/aromatic N) is 4. The molecule has 1 saturated carbocycles. The second-order valence-corrected chi connectivity index (χ2v) is 5.16. The molecule has 0 radical (unpaired) electrons. The van der Waals surface area contributed by atoms with Gasteiger partial charge >= 0.3 is 0 Å². The Morgan fingerprint density at radius 3 is 2.22 bits per heavy atom. The van der Waals surface area contributed by atoms with Gasteiger partial charge in [-0.1, -0.05) is 12.8 Å². The van der Waals surface area contributed by atoms with Crippen LogP contribution in [0.3, 0.4) is 0 Å². The minimum absolute atomic E-state index is 0.372. The third kappa shape index (κ3) is 2.46. The second-order valence-electron chi connectivity index (χ2n) is 5.16. The SMILES string of the molecule is Fc1cnc(N2CCN(C3CCCC3)CC2)nc1. The Balaban J connectivity index is 1.57. The largest absolute Gasteiger partial charge is 0.338 e. The van der Waals surface area contributed by atoms with Gasteiger partial charge in [0.15, 0.2) is 5.82 Å². The molecule has 0 unspecified atom stereocenters. The van der Waals surface area contributed by atoms with E-state index in [2.05, 4.69) is 19.8 Å². The van der Waals surface area contributed by atoms with E-state index >= 15 is 0 Å². The highest BCUT2D eigenvalue weighted by molar-refractivity contribution is 5.29. The van der Waals surface area contributed by atoms with Crippen LogP contribution < -0.4 is 4.90 Å². The summed E-state index contributed by atoms with van der Waals surface area (Å²) in [6.07, 6.45) is 7.95. The Hall–Kier alpha value is -1.23. The zero-order valence-corrected chi connectivity index (χ0v) is 10.6. The van der Waals surface area contributed by atoms with Gasteiger partial charge in [0.1, 0.15) is 0 Å². The van der Waals surface area contributed by atoms with E-state index in [9.17, 15) is 4.39 Å². The molecule has 1 aliphatic heterocycles. The van der Waals surface area contributed by atoms with Crippen LogP contribution in [0.5, 0.6) is 0 Å². The minimum Gasteiger partial charge on any atom is -0.338 e.